The van der Waals surface area contributed by atoms with Gasteiger partial charge in [0.2, 0.25) is 15.9 Å². The number of hydrogen-bond acceptors (Lipinski definition) is 3. The topological polar surface area (TPSA) is 57.7 Å². The predicted octanol–water partition coefficient (Wildman–Crippen LogP) is 2.56. The van der Waals surface area contributed by atoms with E-state index < -0.39 is 21.9 Å². The minimum atomic E-state index is -3.75. The highest BCUT2D eigenvalue weighted by Crippen LogP contribution is 2.26. The third-order valence-electron chi connectivity index (χ3n) is 4.42. The van der Waals surface area contributed by atoms with Crippen LogP contribution >= 0.6 is 0 Å². The van der Waals surface area contributed by atoms with Crippen LogP contribution in [0.5, 0.6) is 0 Å². The number of piperazine rings is 1. The van der Waals surface area contributed by atoms with Crippen LogP contribution < -0.4 is 4.90 Å². The molecule has 1 atom stereocenters. The van der Waals surface area contributed by atoms with Crippen molar-refractivity contribution < 1.29 is 17.6 Å². The van der Waals surface area contributed by atoms with Crippen molar-refractivity contribution in [3.05, 3.63) is 59.9 Å². The summed E-state index contributed by atoms with van der Waals surface area (Å²) >= 11 is 0. The number of carbonyl (C=O) groups excluding carboxylic acids is 1. The van der Waals surface area contributed by atoms with Crippen molar-refractivity contribution in [3.63, 3.8) is 0 Å². The van der Waals surface area contributed by atoms with Gasteiger partial charge < -0.3 is 4.90 Å². The predicted molar refractivity (Wildman–Crippen MR) is 93.3 cm³/mol. The van der Waals surface area contributed by atoms with Gasteiger partial charge in [-0.3, -0.25) is 4.79 Å². The fourth-order valence-electron chi connectivity index (χ4n) is 2.91. The molecule has 2 aromatic carbocycles. The molecule has 1 heterocycles. The zero-order chi connectivity index (χ0) is 18.2. The maximum atomic E-state index is 13.8. The van der Waals surface area contributed by atoms with Crippen molar-refractivity contribution in [2.45, 2.75) is 24.8 Å². The van der Waals surface area contributed by atoms with E-state index in [1.165, 1.54) is 27.4 Å². The average molecular weight is 362 g/mol. The highest BCUT2D eigenvalue weighted by Gasteiger charge is 2.39. The maximum Gasteiger partial charge on any atom is 0.245 e. The van der Waals surface area contributed by atoms with Gasteiger partial charge in [0.05, 0.1) is 4.90 Å². The first-order chi connectivity index (χ1) is 11.8. The van der Waals surface area contributed by atoms with Gasteiger partial charge in [0.1, 0.15) is 11.9 Å². The lowest BCUT2D eigenvalue weighted by Crippen LogP contribution is -2.57. The minimum Gasteiger partial charge on any atom is -0.310 e. The van der Waals surface area contributed by atoms with Gasteiger partial charge in [0.15, 0.2) is 0 Å². The third-order valence-corrected chi connectivity index (χ3v) is 6.40. The number of benzene rings is 2. The molecule has 0 N–H and O–H groups in total. The summed E-state index contributed by atoms with van der Waals surface area (Å²) in [6.45, 7) is 3.53. The molecule has 1 amide bonds. The van der Waals surface area contributed by atoms with E-state index in [0.29, 0.717) is 11.3 Å². The molecule has 1 fully saturated rings. The number of carbonyl (C=O) groups is 1. The molecule has 0 saturated carbocycles. The van der Waals surface area contributed by atoms with Crippen LogP contribution in [-0.2, 0) is 14.8 Å². The Kier molecular flexibility index (Phi) is 4.62. The van der Waals surface area contributed by atoms with Crippen LogP contribution in [0.3, 0.4) is 0 Å². The van der Waals surface area contributed by atoms with Crippen LogP contribution in [0.4, 0.5) is 10.1 Å². The maximum absolute atomic E-state index is 13.8. The summed E-state index contributed by atoms with van der Waals surface area (Å²) in [5.74, 6) is -0.758. The first-order valence-corrected chi connectivity index (χ1v) is 9.41. The number of sulfonamides is 1. The summed E-state index contributed by atoms with van der Waals surface area (Å²) in [7, 11) is -3.75. The molecule has 5 nitrogen and oxygen atoms in total. The van der Waals surface area contributed by atoms with E-state index in [1.807, 2.05) is 0 Å². The molecular weight excluding hydrogens is 343 g/mol. The van der Waals surface area contributed by atoms with Gasteiger partial charge in [0, 0.05) is 18.8 Å². The van der Waals surface area contributed by atoms with E-state index in [2.05, 4.69) is 0 Å². The Morgan fingerprint density at radius 1 is 1.08 bits per heavy atom. The lowest BCUT2D eigenvalue weighted by atomic mass is 10.1. The van der Waals surface area contributed by atoms with E-state index in [4.69, 9.17) is 0 Å². The lowest BCUT2D eigenvalue weighted by Gasteiger charge is -2.38. The van der Waals surface area contributed by atoms with E-state index in [1.54, 1.807) is 44.2 Å². The summed E-state index contributed by atoms with van der Waals surface area (Å²) < 4.78 is 40.6. The number of aryl methyl sites for hydroxylation is 1. The fraction of sp³-hybridized carbons (Fsp3) is 0.278. The molecule has 132 valence electrons. The molecule has 3 rings (SSSR count). The Morgan fingerprint density at radius 3 is 2.40 bits per heavy atom. The first kappa shape index (κ1) is 17.6. The van der Waals surface area contributed by atoms with Gasteiger partial charge in [-0.25, -0.2) is 12.8 Å². The Labute approximate surface area is 146 Å². The monoisotopic (exact) mass is 362 g/mol. The highest BCUT2D eigenvalue weighted by atomic mass is 32.2. The molecular formula is C18H19FN2O3S. The molecule has 25 heavy (non-hydrogen) atoms. The van der Waals surface area contributed by atoms with Crippen LogP contribution in [-0.4, -0.2) is 37.8 Å². The fourth-order valence-corrected chi connectivity index (χ4v) is 4.51. The zero-order valence-corrected chi connectivity index (χ0v) is 14.8. The molecule has 0 unspecified atom stereocenters. The van der Waals surface area contributed by atoms with Crippen molar-refractivity contribution in [1.82, 2.24) is 4.31 Å². The molecule has 0 spiro atoms. The van der Waals surface area contributed by atoms with Crippen LogP contribution in [0.1, 0.15) is 12.5 Å². The van der Waals surface area contributed by atoms with Gasteiger partial charge in [-0.2, -0.15) is 4.31 Å². The smallest absolute Gasteiger partial charge is 0.245 e. The number of rotatable bonds is 3. The first-order valence-electron chi connectivity index (χ1n) is 7.97. The third kappa shape index (κ3) is 3.17. The van der Waals surface area contributed by atoms with Crippen molar-refractivity contribution in [2.24, 2.45) is 0 Å². The van der Waals surface area contributed by atoms with E-state index in [9.17, 15) is 17.6 Å². The van der Waals surface area contributed by atoms with Crippen LogP contribution in [0.15, 0.2) is 53.4 Å². The Bertz CT molecular complexity index is 900. The second-order valence-electron chi connectivity index (χ2n) is 6.03. The Morgan fingerprint density at radius 2 is 1.76 bits per heavy atom. The van der Waals surface area contributed by atoms with Gasteiger partial charge in [-0.05, 0) is 43.7 Å². The molecule has 0 radical (unpaired) electrons. The van der Waals surface area contributed by atoms with Crippen molar-refractivity contribution in [2.75, 3.05) is 18.0 Å². The highest BCUT2D eigenvalue weighted by molar-refractivity contribution is 7.89. The second-order valence-corrected chi connectivity index (χ2v) is 7.92. The summed E-state index contributed by atoms with van der Waals surface area (Å²) in [6.07, 6.45) is 0. The largest absolute Gasteiger partial charge is 0.310 e. The zero-order valence-electron chi connectivity index (χ0n) is 14.0. The Hall–Kier alpha value is -2.25. The summed E-state index contributed by atoms with van der Waals surface area (Å²) in [5.41, 5.74) is 0.936. The molecule has 0 aliphatic carbocycles. The van der Waals surface area contributed by atoms with Crippen LogP contribution in [0, 0.1) is 12.7 Å². The molecule has 0 bridgehead atoms. The number of nitrogens with zero attached hydrogens (tertiary/aromatic N) is 2. The minimum absolute atomic E-state index is 0.152. The molecule has 1 saturated heterocycles. The number of anilines is 1. The van der Waals surface area contributed by atoms with Gasteiger partial charge in [-0.1, -0.05) is 24.3 Å². The quantitative estimate of drug-likeness (QED) is 0.843. The van der Waals surface area contributed by atoms with E-state index >= 15 is 0 Å². The van der Waals surface area contributed by atoms with Crippen LogP contribution in [0.2, 0.25) is 0 Å². The summed E-state index contributed by atoms with van der Waals surface area (Å²) in [4.78, 5) is 14.3. The average Bonchev–Trinajstić information content (AvgIpc) is 2.60. The molecule has 1 aliphatic rings. The molecule has 7 heteroatoms. The van der Waals surface area contributed by atoms with Crippen molar-refractivity contribution in [3.8, 4) is 0 Å². The Balaban J connectivity index is 1.88. The summed E-state index contributed by atoms with van der Waals surface area (Å²) in [6, 6.07) is 11.8. The normalized spacial score (nSPS) is 19.2. The van der Waals surface area contributed by atoms with Gasteiger partial charge in [0.25, 0.3) is 0 Å². The number of halogens is 1. The molecule has 0 aromatic heterocycles. The van der Waals surface area contributed by atoms with Crippen LogP contribution in [0.25, 0.3) is 0 Å². The lowest BCUT2D eigenvalue weighted by molar-refractivity contribution is -0.123. The second kappa shape index (κ2) is 6.57. The van der Waals surface area contributed by atoms with E-state index in [-0.39, 0.29) is 23.9 Å². The van der Waals surface area contributed by atoms with Gasteiger partial charge >= 0.3 is 0 Å². The van der Waals surface area contributed by atoms with Crippen molar-refractivity contribution >= 4 is 21.6 Å². The van der Waals surface area contributed by atoms with Gasteiger partial charge in [-0.15, -0.1) is 0 Å². The molecule has 1 aliphatic heterocycles. The SMILES string of the molecule is Cc1ccc(N2CCN(S(=O)(=O)c3ccccc3)[C@@H](C)C2=O)cc1F. The van der Waals surface area contributed by atoms with E-state index in [0.717, 1.165) is 0 Å². The number of amides is 1. The summed E-state index contributed by atoms with van der Waals surface area (Å²) in [5, 5.41) is 0. The number of hydrogen-bond donors (Lipinski definition) is 0. The standard InChI is InChI=1S/C18H19FN2O3S/c1-13-8-9-15(12-17(13)19)20-10-11-21(14(2)18(20)22)25(23,24)16-6-4-3-5-7-16/h3-9,12,14H,10-11H2,1-2H3/t14-/m0/s1. The van der Waals surface area contributed by atoms with Crippen molar-refractivity contribution in [1.29, 1.82) is 0 Å². The molecule has 2 aromatic rings.